The van der Waals surface area contributed by atoms with Crippen molar-refractivity contribution in [1.29, 1.82) is 0 Å². The van der Waals surface area contributed by atoms with Crippen LogP contribution in [0.25, 0.3) is 0 Å². The van der Waals surface area contributed by atoms with E-state index in [2.05, 4.69) is 0 Å². The minimum atomic E-state index is -0.603. The van der Waals surface area contributed by atoms with E-state index in [9.17, 15) is 4.79 Å². The molecular formula is C19H25NO6. The summed E-state index contributed by atoms with van der Waals surface area (Å²) in [5.41, 5.74) is 1.000. The smallest absolute Gasteiger partial charge is 0.231 e. The van der Waals surface area contributed by atoms with E-state index in [-0.39, 0.29) is 24.7 Å². The lowest BCUT2D eigenvalue weighted by Crippen LogP contribution is -2.42. The Bertz CT molecular complexity index is 670. The number of carbonyl (C=O) groups excluding carboxylic acids is 1. The molecule has 2 fully saturated rings. The fourth-order valence-corrected chi connectivity index (χ4v) is 3.58. The number of carbonyl (C=O) groups is 1. The van der Waals surface area contributed by atoms with E-state index in [4.69, 9.17) is 23.7 Å². The zero-order chi connectivity index (χ0) is 18.1. The zero-order valence-electron chi connectivity index (χ0n) is 15.2. The van der Waals surface area contributed by atoms with Crippen molar-refractivity contribution in [2.24, 2.45) is 5.92 Å². The standard InChI is InChI=1S/C19H25NO6/c1-19(2)25-11-15(26-19)9-20(18(21)14-5-6-22-10-14)8-13-3-4-16-17(7-13)24-12-23-16/h3-4,7,14-15H,5-6,8-12H2,1-2H3/t14-,15-/m1/s1. The minimum absolute atomic E-state index is 0.0839. The summed E-state index contributed by atoms with van der Waals surface area (Å²) in [6, 6.07) is 5.79. The van der Waals surface area contributed by atoms with Crippen LogP contribution in [0.5, 0.6) is 11.5 Å². The van der Waals surface area contributed by atoms with E-state index >= 15 is 0 Å². The Labute approximate surface area is 153 Å². The molecule has 0 N–H and O–H groups in total. The molecule has 2 atom stereocenters. The second kappa shape index (κ2) is 7.06. The number of benzene rings is 1. The van der Waals surface area contributed by atoms with E-state index in [1.165, 1.54) is 0 Å². The van der Waals surface area contributed by atoms with Crippen LogP contribution in [-0.4, -0.2) is 55.9 Å². The van der Waals surface area contributed by atoms with Crippen LogP contribution in [-0.2, 0) is 25.5 Å². The molecule has 3 heterocycles. The lowest BCUT2D eigenvalue weighted by molar-refractivity contribution is -0.148. The summed E-state index contributed by atoms with van der Waals surface area (Å²) in [6.07, 6.45) is 0.634. The Kier molecular flexibility index (Phi) is 4.77. The van der Waals surface area contributed by atoms with Crippen LogP contribution in [0, 0.1) is 5.92 Å². The molecule has 0 spiro atoms. The van der Waals surface area contributed by atoms with Crippen LogP contribution >= 0.6 is 0 Å². The first-order chi connectivity index (χ1) is 12.5. The Balaban J connectivity index is 1.49. The van der Waals surface area contributed by atoms with Crippen molar-refractivity contribution in [3.63, 3.8) is 0 Å². The van der Waals surface area contributed by atoms with E-state index < -0.39 is 5.79 Å². The van der Waals surface area contributed by atoms with E-state index in [0.29, 0.717) is 32.9 Å². The summed E-state index contributed by atoms with van der Waals surface area (Å²) >= 11 is 0. The van der Waals surface area contributed by atoms with Gasteiger partial charge in [-0.25, -0.2) is 0 Å². The summed E-state index contributed by atoms with van der Waals surface area (Å²) in [5.74, 6) is 0.882. The lowest BCUT2D eigenvalue weighted by atomic mass is 10.1. The first-order valence-corrected chi connectivity index (χ1v) is 9.07. The van der Waals surface area contributed by atoms with Crippen molar-refractivity contribution in [1.82, 2.24) is 4.90 Å². The van der Waals surface area contributed by atoms with Crippen LogP contribution in [0.2, 0.25) is 0 Å². The summed E-state index contributed by atoms with van der Waals surface area (Å²) in [7, 11) is 0. The monoisotopic (exact) mass is 363 g/mol. The van der Waals surface area contributed by atoms with Crippen molar-refractivity contribution in [3.8, 4) is 11.5 Å². The third-order valence-electron chi connectivity index (χ3n) is 4.89. The number of rotatable bonds is 5. The molecule has 7 heteroatoms. The number of ether oxygens (including phenoxy) is 5. The quantitative estimate of drug-likeness (QED) is 0.796. The number of fused-ring (bicyclic) bond motifs is 1. The molecular weight excluding hydrogens is 338 g/mol. The van der Waals surface area contributed by atoms with Gasteiger partial charge in [-0.3, -0.25) is 4.79 Å². The lowest BCUT2D eigenvalue weighted by Gasteiger charge is -2.28. The molecule has 4 rings (SSSR count). The van der Waals surface area contributed by atoms with Gasteiger partial charge in [-0.1, -0.05) is 6.07 Å². The molecule has 0 saturated carbocycles. The predicted octanol–water partition coefficient (Wildman–Crippen LogP) is 1.93. The van der Waals surface area contributed by atoms with E-state index in [1.807, 2.05) is 36.9 Å². The van der Waals surface area contributed by atoms with E-state index in [0.717, 1.165) is 23.5 Å². The number of hydrogen-bond donors (Lipinski definition) is 0. The molecule has 7 nitrogen and oxygen atoms in total. The van der Waals surface area contributed by atoms with Crippen molar-refractivity contribution < 1.29 is 28.5 Å². The molecule has 1 amide bonds. The Morgan fingerprint density at radius 1 is 1.23 bits per heavy atom. The molecule has 1 aromatic carbocycles. The van der Waals surface area contributed by atoms with Gasteiger partial charge in [0.2, 0.25) is 12.7 Å². The van der Waals surface area contributed by atoms with Crippen LogP contribution in [0.4, 0.5) is 0 Å². The van der Waals surface area contributed by atoms with Crippen molar-refractivity contribution in [3.05, 3.63) is 23.8 Å². The van der Waals surface area contributed by atoms with Gasteiger partial charge in [0.25, 0.3) is 0 Å². The molecule has 0 bridgehead atoms. The molecule has 0 aromatic heterocycles. The maximum absolute atomic E-state index is 13.0. The van der Waals surface area contributed by atoms with Gasteiger partial charge in [0.1, 0.15) is 6.10 Å². The Morgan fingerprint density at radius 2 is 2.08 bits per heavy atom. The first kappa shape index (κ1) is 17.6. The van der Waals surface area contributed by atoms with Crippen molar-refractivity contribution in [2.75, 3.05) is 33.2 Å². The summed E-state index contributed by atoms with van der Waals surface area (Å²) in [5, 5.41) is 0. The Hall–Kier alpha value is -1.83. The van der Waals surface area contributed by atoms with Gasteiger partial charge in [-0.2, -0.15) is 0 Å². The SMILES string of the molecule is CC1(C)OC[C@@H](CN(Cc2ccc3c(c2)OCO3)C(=O)[C@@H]2CCOC2)O1. The summed E-state index contributed by atoms with van der Waals surface area (Å²) < 4.78 is 27.8. The second-order valence-electron chi connectivity index (χ2n) is 7.42. The third-order valence-corrected chi connectivity index (χ3v) is 4.89. The van der Waals surface area contributed by atoms with Gasteiger partial charge in [-0.05, 0) is 38.0 Å². The average molecular weight is 363 g/mol. The van der Waals surface area contributed by atoms with Crippen LogP contribution in [0.1, 0.15) is 25.8 Å². The first-order valence-electron chi connectivity index (χ1n) is 9.07. The van der Waals surface area contributed by atoms with Crippen molar-refractivity contribution in [2.45, 2.75) is 38.7 Å². The fraction of sp³-hybridized carbons (Fsp3) is 0.632. The molecule has 2 saturated heterocycles. The van der Waals surface area contributed by atoms with Crippen LogP contribution in [0.3, 0.4) is 0 Å². The van der Waals surface area contributed by atoms with Gasteiger partial charge in [0.05, 0.1) is 19.1 Å². The number of nitrogens with zero attached hydrogens (tertiary/aromatic N) is 1. The van der Waals surface area contributed by atoms with Gasteiger partial charge in [0, 0.05) is 19.7 Å². The van der Waals surface area contributed by atoms with Crippen LogP contribution in [0.15, 0.2) is 18.2 Å². The maximum atomic E-state index is 13.0. The molecule has 0 unspecified atom stereocenters. The highest BCUT2D eigenvalue weighted by Crippen LogP contribution is 2.33. The molecule has 3 aliphatic rings. The molecule has 1 aromatic rings. The van der Waals surface area contributed by atoms with Gasteiger partial charge < -0.3 is 28.6 Å². The molecule has 142 valence electrons. The molecule has 3 aliphatic heterocycles. The number of hydrogen-bond acceptors (Lipinski definition) is 6. The molecule has 26 heavy (non-hydrogen) atoms. The van der Waals surface area contributed by atoms with E-state index in [1.54, 1.807) is 0 Å². The maximum Gasteiger partial charge on any atom is 0.231 e. The topological polar surface area (TPSA) is 66.5 Å². The molecule has 0 aliphatic carbocycles. The van der Waals surface area contributed by atoms with Gasteiger partial charge in [-0.15, -0.1) is 0 Å². The zero-order valence-corrected chi connectivity index (χ0v) is 15.2. The normalized spacial score (nSPS) is 26.2. The summed E-state index contributed by atoms with van der Waals surface area (Å²) in [4.78, 5) is 14.9. The van der Waals surface area contributed by atoms with Crippen molar-refractivity contribution >= 4 is 5.91 Å². The average Bonchev–Trinajstić information content (AvgIpc) is 3.34. The highest BCUT2D eigenvalue weighted by molar-refractivity contribution is 5.79. The largest absolute Gasteiger partial charge is 0.454 e. The Morgan fingerprint density at radius 3 is 2.81 bits per heavy atom. The third kappa shape index (κ3) is 3.79. The van der Waals surface area contributed by atoms with Gasteiger partial charge >= 0.3 is 0 Å². The minimum Gasteiger partial charge on any atom is -0.454 e. The number of amides is 1. The molecule has 0 radical (unpaired) electrons. The predicted molar refractivity (Wildman–Crippen MR) is 91.8 cm³/mol. The highest BCUT2D eigenvalue weighted by Gasteiger charge is 2.36. The highest BCUT2D eigenvalue weighted by atomic mass is 16.7. The summed E-state index contributed by atoms with van der Waals surface area (Å²) in [6.45, 7) is 6.62. The second-order valence-corrected chi connectivity index (χ2v) is 7.42. The van der Waals surface area contributed by atoms with Crippen LogP contribution < -0.4 is 9.47 Å². The fourth-order valence-electron chi connectivity index (χ4n) is 3.58. The van der Waals surface area contributed by atoms with Gasteiger partial charge in [0.15, 0.2) is 17.3 Å².